The Balaban J connectivity index is 1.37. The van der Waals surface area contributed by atoms with Gasteiger partial charge in [-0.1, -0.05) is 30.3 Å². The molecule has 0 radical (unpaired) electrons. The van der Waals surface area contributed by atoms with Gasteiger partial charge >= 0.3 is 0 Å². The van der Waals surface area contributed by atoms with Gasteiger partial charge in [-0.05, 0) is 44.1 Å². The predicted octanol–water partition coefficient (Wildman–Crippen LogP) is 3.09. The van der Waals surface area contributed by atoms with Crippen LogP contribution in [0.5, 0.6) is 0 Å². The first-order chi connectivity index (χ1) is 8.85. The smallest absolute Gasteiger partial charge is 0.0604 e. The zero-order valence-corrected chi connectivity index (χ0v) is 11.1. The Labute approximate surface area is 110 Å². The highest BCUT2D eigenvalue weighted by atomic mass is 16.5. The van der Waals surface area contributed by atoms with Crippen LogP contribution in [0.25, 0.3) is 0 Å². The quantitative estimate of drug-likeness (QED) is 0.860. The number of rotatable bonds is 5. The third-order valence-corrected chi connectivity index (χ3v) is 4.38. The minimum absolute atomic E-state index is 0.525. The highest BCUT2D eigenvalue weighted by Crippen LogP contribution is 2.38. The first-order valence-corrected chi connectivity index (χ1v) is 7.27. The molecule has 0 bridgehead atoms. The summed E-state index contributed by atoms with van der Waals surface area (Å²) in [4.78, 5) is 0. The minimum atomic E-state index is 0.525. The first-order valence-electron chi connectivity index (χ1n) is 7.27. The maximum atomic E-state index is 5.59. The van der Waals surface area contributed by atoms with Crippen LogP contribution in [0.1, 0.15) is 44.1 Å². The average molecular weight is 245 g/mol. The summed E-state index contributed by atoms with van der Waals surface area (Å²) in [6.45, 7) is 2.94. The van der Waals surface area contributed by atoms with Crippen molar-refractivity contribution in [3.05, 3.63) is 35.9 Å². The lowest BCUT2D eigenvalue weighted by Crippen LogP contribution is -2.52. The molecular formula is C16H23NO. The van der Waals surface area contributed by atoms with Crippen molar-refractivity contribution < 1.29 is 4.74 Å². The van der Waals surface area contributed by atoms with E-state index in [1.807, 2.05) is 0 Å². The lowest BCUT2D eigenvalue weighted by atomic mass is 9.74. The van der Waals surface area contributed by atoms with Gasteiger partial charge in [0.1, 0.15) is 0 Å². The summed E-state index contributed by atoms with van der Waals surface area (Å²) < 4.78 is 5.59. The van der Waals surface area contributed by atoms with Crippen LogP contribution < -0.4 is 5.32 Å². The van der Waals surface area contributed by atoms with Gasteiger partial charge < -0.3 is 10.1 Å². The Morgan fingerprint density at radius 2 is 1.72 bits per heavy atom. The standard InChI is InChI=1S/C16H23NO/c1-2-18-16-10-15(11-16)17-14-8-13(9-14)12-6-4-3-5-7-12/h3-7,13-17H,2,8-11H2,1H3. The van der Waals surface area contributed by atoms with Crippen LogP contribution in [0.2, 0.25) is 0 Å². The van der Waals surface area contributed by atoms with Crippen LogP contribution in [0, 0.1) is 0 Å². The summed E-state index contributed by atoms with van der Waals surface area (Å²) in [5.74, 6) is 0.784. The van der Waals surface area contributed by atoms with Crippen LogP contribution >= 0.6 is 0 Å². The van der Waals surface area contributed by atoms with E-state index >= 15 is 0 Å². The maximum absolute atomic E-state index is 5.59. The molecule has 1 aromatic carbocycles. The van der Waals surface area contributed by atoms with Crippen molar-refractivity contribution in [2.24, 2.45) is 0 Å². The second-order valence-corrected chi connectivity index (χ2v) is 5.69. The van der Waals surface area contributed by atoms with E-state index in [4.69, 9.17) is 4.74 Å². The molecule has 0 heterocycles. The van der Waals surface area contributed by atoms with Crippen molar-refractivity contribution in [2.45, 2.75) is 56.7 Å². The second kappa shape index (κ2) is 5.41. The molecule has 98 valence electrons. The summed E-state index contributed by atoms with van der Waals surface area (Å²) in [5, 5.41) is 3.76. The van der Waals surface area contributed by atoms with Gasteiger partial charge in [-0.25, -0.2) is 0 Å². The fraction of sp³-hybridized carbons (Fsp3) is 0.625. The summed E-state index contributed by atoms with van der Waals surface area (Å²) in [6.07, 6.45) is 5.55. The van der Waals surface area contributed by atoms with Gasteiger partial charge in [0.2, 0.25) is 0 Å². The van der Waals surface area contributed by atoms with Crippen molar-refractivity contribution in [1.82, 2.24) is 5.32 Å². The molecule has 0 unspecified atom stereocenters. The molecule has 0 atom stereocenters. The molecule has 2 aliphatic rings. The fourth-order valence-electron chi connectivity index (χ4n) is 3.16. The molecule has 0 saturated heterocycles. The zero-order chi connectivity index (χ0) is 12.4. The number of nitrogens with one attached hydrogen (secondary N) is 1. The number of benzene rings is 1. The van der Waals surface area contributed by atoms with Crippen LogP contribution in [0.4, 0.5) is 0 Å². The van der Waals surface area contributed by atoms with E-state index in [-0.39, 0.29) is 0 Å². The summed E-state index contributed by atoms with van der Waals surface area (Å²) in [7, 11) is 0. The molecule has 1 aromatic rings. The van der Waals surface area contributed by atoms with Crippen molar-refractivity contribution in [3.8, 4) is 0 Å². The van der Waals surface area contributed by atoms with E-state index in [0.717, 1.165) is 18.6 Å². The Bertz CT molecular complexity index is 366. The first kappa shape index (κ1) is 12.2. The Hall–Kier alpha value is -0.860. The van der Waals surface area contributed by atoms with Crippen molar-refractivity contribution in [2.75, 3.05) is 6.61 Å². The van der Waals surface area contributed by atoms with Gasteiger partial charge in [-0.2, -0.15) is 0 Å². The molecule has 2 aliphatic carbocycles. The van der Waals surface area contributed by atoms with Crippen LogP contribution in [0.15, 0.2) is 30.3 Å². The second-order valence-electron chi connectivity index (χ2n) is 5.69. The molecule has 2 heteroatoms. The largest absolute Gasteiger partial charge is 0.378 e. The monoisotopic (exact) mass is 245 g/mol. The fourth-order valence-corrected chi connectivity index (χ4v) is 3.16. The normalized spacial score (nSPS) is 34.7. The lowest BCUT2D eigenvalue weighted by molar-refractivity contribution is -0.0154. The van der Waals surface area contributed by atoms with Gasteiger partial charge in [0.05, 0.1) is 6.10 Å². The van der Waals surface area contributed by atoms with Crippen molar-refractivity contribution >= 4 is 0 Å². The van der Waals surface area contributed by atoms with E-state index in [1.54, 1.807) is 0 Å². The SMILES string of the molecule is CCOC1CC(NC2CC(c3ccccc3)C2)C1. The molecule has 0 aromatic heterocycles. The summed E-state index contributed by atoms with van der Waals surface area (Å²) in [5.41, 5.74) is 1.51. The molecule has 1 N–H and O–H groups in total. The van der Waals surface area contributed by atoms with E-state index in [2.05, 4.69) is 42.6 Å². The summed E-state index contributed by atoms with van der Waals surface area (Å²) >= 11 is 0. The molecule has 0 spiro atoms. The number of hydrogen-bond donors (Lipinski definition) is 1. The van der Waals surface area contributed by atoms with E-state index < -0.39 is 0 Å². The van der Waals surface area contributed by atoms with E-state index in [1.165, 1.54) is 31.2 Å². The maximum Gasteiger partial charge on any atom is 0.0604 e. The molecule has 3 rings (SSSR count). The molecule has 2 fully saturated rings. The van der Waals surface area contributed by atoms with E-state index in [9.17, 15) is 0 Å². The van der Waals surface area contributed by atoms with Crippen LogP contribution in [-0.2, 0) is 4.74 Å². The zero-order valence-electron chi connectivity index (χ0n) is 11.1. The predicted molar refractivity (Wildman–Crippen MR) is 73.8 cm³/mol. The Morgan fingerprint density at radius 1 is 1.06 bits per heavy atom. The van der Waals surface area contributed by atoms with Crippen LogP contribution in [0.3, 0.4) is 0 Å². The molecule has 0 aliphatic heterocycles. The average Bonchev–Trinajstić information content (AvgIpc) is 2.30. The minimum Gasteiger partial charge on any atom is -0.378 e. The summed E-state index contributed by atoms with van der Waals surface area (Å²) in [6, 6.07) is 12.4. The Kier molecular flexibility index (Phi) is 3.67. The van der Waals surface area contributed by atoms with Gasteiger partial charge in [-0.15, -0.1) is 0 Å². The Morgan fingerprint density at radius 3 is 2.39 bits per heavy atom. The van der Waals surface area contributed by atoms with Crippen molar-refractivity contribution in [1.29, 1.82) is 0 Å². The van der Waals surface area contributed by atoms with Crippen LogP contribution in [-0.4, -0.2) is 24.8 Å². The third-order valence-electron chi connectivity index (χ3n) is 4.38. The highest BCUT2D eigenvalue weighted by molar-refractivity contribution is 5.22. The van der Waals surface area contributed by atoms with Gasteiger partial charge in [0.25, 0.3) is 0 Å². The molecule has 2 saturated carbocycles. The number of hydrogen-bond acceptors (Lipinski definition) is 2. The molecular weight excluding hydrogens is 222 g/mol. The van der Waals surface area contributed by atoms with Crippen molar-refractivity contribution in [3.63, 3.8) is 0 Å². The topological polar surface area (TPSA) is 21.3 Å². The van der Waals surface area contributed by atoms with Gasteiger partial charge in [0, 0.05) is 18.7 Å². The number of ether oxygens (including phenoxy) is 1. The third kappa shape index (κ3) is 2.60. The van der Waals surface area contributed by atoms with E-state index in [0.29, 0.717) is 12.1 Å². The molecule has 2 nitrogen and oxygen atoms in total. The molecule has 18 heavy (non-hydrogen) atoms. The van der Waals surface area contributed by atoms with Gasteiger partial charge in [-0.3, -0.25) is 0 Å². The lowest BCUT2D eigenvalue weighted by Gasteiger charge is -2.43. The molecule has 0 amide bonds. The highest BCUT2D eigenvalue weighted by Gasteiger charge is 2.36. The van der Waals surface area contributed by atoms with Gasteiger partial charge in [0.15, 0.2) is 0 Å².